The molecule has 5 nitrogen and oxygen atoms in total. The smallest absolute Gasteiger partial charge is 0.253 e. The highest BCUT2D eigenvalue weighted by molar-refractivity contribution is 7.13. The first-order valence-corrected chi connectivity index (χ1v) is 11.2. The average Bonchev–Trinajstić information content (AvgIpc) is 3.23. The van der Waals surface area contributed by atoms with Gasteiger partial charge in [0, 0.05) is 74.0 Å². The zero-order valence-electron chi connectivity index (χ0n) is 17.2. The molecule has 0 atom stereocenters. The van der Waals surface area contributed by atoms with Gasteiger partial charge in [-0.1, -0.05) is 23.7 Å². The number of aromatic nitrogens is 1. The number of rotatable bonds is 5. The van der Waals surface area contributed by atoms with Crippen LogP contribution in [0.15, 0.2) is 53.9 Å². The van der Waals surface area contributed by atoms with E-state index in [0.717, 1.165) is 65.3 Å². The Hall–Kier alpha value is -2.41. The van der Waals surface area contributed by atoms with Gasteiger partial charge in [-0.15, -0.1) is 11.3 Å². The van der Waals surface area contributed by atoms with Crippen LogP contribution in [0.25, 0.3) is 10.6 Å². The number of benzene rings is 2. The normalized spacial score (nSPS) is 14.7. The monoisotopic (exact) mass is 440 g/mol. The van der Waals surface area contributed by atoms with Crippen molar-refractivity contribution in [3.05, 3.63) is 70.2 Å². The van der Waals surface area contributed by atoms with E-state index in [1.165, 1.54) is 0 Å². The fraction of sp³-hybridized carbons (Fsp3) is 0.304. The van der Waals surface area contributed by atoms with Gasteiger partial charge < -0.3 is 9.80 Å². The van der Waals surface area contributed by atoms with E-state index in [2.05, 4.69) is 10.3 Å². The van der Waals surface area contributed by atoms with Crippen molar-refractivity contribution in [2.24, 2.45) is 0 Å². The summed E-state index contributed by atoms with van der Waals surface area (Å²) in [6, 6.07) is 15.6. The molecule has 0 saturated carbocycles. The minimum Gasteiger partial charge on any atom is -0.378 e. The molecule has 4 rings (SSSR count). The van der Waals surface area contributed by atoms with Crippen molar-refractivity contribution in [2.45, 2.75) is 6.54 Å². The third-order valence-corrected chi connectivity index (χ3v) is 6.51. The van der Waals surface area contributed by atoms with Crippen molar-refractivity contribution < 1.29 is 4.79 Å². The van der Waals surface area contributed by atoms with Gasteiger partial charge in [-0.05, 0) is 36.4 Å². The molecular formula is C23H25ClN4OS. The van der Waals surface area contributed by atoms with Crippen LogP contribution in [0, 0.1) is 0 Å². The first-order chi connectivity index (χ1) is 14.5. The van der Waals surface area contributed by atoms with Crippen LogP contribution in [0.3, 0.4) is 0 Å². The van der Waals surface area contributed by atoms with Gasteiger partial charge in [0.05, 0.1) is 5.69 Å². The van der Waals surface area contributed by atoms with E-state index < -0.39 is 0 Å². The van der Waals surface area contributed by atoms with Crippen LogP contribution in [0.5, 0.6) is 0 Å². The van der Waals surface area contributed by atoms with Crippen LogP contribution in [-0.4, -0.2) is 61.0 Å². The predicted octanol–water partition coefficient (Wildman–Crippen LogP) is 4.49. The number of thiazole rings is 1. The summed E-state index contributed by atoms with van der Waals surface area (Å²) in [7, 11) is 3.99. The maximum Gasteiger partial charge on any atom is 0.253 e. The number of carbonyl (C=O) groups excluding carboxylic acids is 1. The van der Waals surface area contributed by atoms with Gasteiger partial charge in [0.25, 0.3) is 5.91 Å². The van der Waals surface area contributed by atoms with Crippen molar-refractivity contribution >= 4 is 34.5 Å². The molecule has 2 aromatic carbocycles. The van der Waals surface area contributed by atoms with Crippen LogP contribution >= 0.6 is 22.9 Å². The topological polar surface area (TPSA) is 39.7 Å². The lowest BCUT2D eigenvalue weighted by Crippen LogP contribution is -2.48. The lowest BCUT2D eigenvalue weighted by molar-refractivity contribution is 0.0627. The largest absolute Gasteiger partial charge is 0.378 e. The average molecular weight is 441 g/mol. The third-order valence-electron chi connectivity index (χ3n) is 5.32. The Bertz CT molecular complexity index is 993. The molecule has 1 amide bonds. The molecule has 1 fully saturated rings. The highest BCUT2D eigenvalue weighted by Gasteiger charge is 2.22. The van der Waals surface area contributed by atoms with Crippen molar-refractivity contribution in [3.63, 3.8) is 0 Å². The highest BCUT2D eigenvalue weighted by atomic mass is 35.5. The zero-order chi connectivity index (χ0) is 21.1. The molecule has 3 aromatic rings. The Labute approximate surface area is 186 Å². The molecule has 7 heteroatoms. The fourth-order valence-corrected chi connectivity index (χ4v) is 4.47. The van der Waals surface area contributed by atoms with Crippen LogP contribution in [-0.2, 0) is 6.54 Å². The summed E-state index contributed by atoms with van der Waals surface area (Å²) in [5.74, 6) is 0.110. The van der Waals surface area contributed by atoms with E-state index in [0.29, 0.717) is 0 Å². The van der Waals surface area contributed by atoms with Gasteiger partial charge in [-0.25, -0.2) is 4.98 Å². The number of halogens is 1. The minimum absolute atomic E-state index is 0.110. The number of anilines is 1. The maximum atomic E-state index is 12.8. The second kappa shape index (κ2) is 9.16. The number of carbonyl (C=O) groups is 1. The molecule has 1 aromatic heterocycles. The molecule has 30 heavy (non-hydrogen) atoms. The Kier molecular flexibility index (Phi) is 6.37. The molecule has 0 N–H and O–H groups in total. The molecule has 156 valence electrons. The molecule has 2 heterocycles. The summed E-state index contributed by atoms with van der Waals surface area (Å²) in [5.41, 5.74) is 4.01. The molecule has 1 aliphatic heterocycles. The SMILES string of the molecule is CN(C)c1ccc(C(=O)N2CCN(Cc3csc(-c4ccc(Cl)cc4)n3)CC2)cc1. The summed E-state index contributed by atoms with van der Waals surface area (Å²) in [6.07, 6.45) is 0. The molecular weight excluding hydrogens is 416 g/mol. The van der Waals surface area contributed by atoms with Gasteiger partial charge in [-0.3, -0.25) is 9.69 Å². The van der Waals surface area contributed by atoms with Crippen molar-refractivity contribution in [3.8, 4) is 10.6 Å². The fourth-order valence-electron chi connectivity index (χ4n) is 3.53. The van der Waals surface area contributed by atoms with Crippen LogP contribution in [0.2, 0.25) is 5.02 Å². The second-order valence-electron chi connectivity index (χ2n) is 7.66. The summed E-state index contributed by atoms with van der Waals surface area (Å²) in [4.78, 5) is 23.9. The van der Waals surface area contributed by atoms with E-state index >= 15 is 0 Å². The molecule has 0 aliphatic carbocycles. The quantitative estimate of drug-likeness (QED) is 0.586. The van der Waals surface area contributed by atoms with Crippen LogP contribution in [0.1, 0.15) is 16.1 Å². The first kappa shape index (κ1) is 20.8. The number of nitrogens with zero attached hydrogens (tertiary/aromatic N) is 4. The van der Waals surface area contributed by atoms with E-state index in [1.54, 1.807) is 11.3 Å². The van der Waals surface area contributed by atoms with Gasteiger partial charge in [-0.2, -0.15) is 0 Å². The molecule has 1 aliphatic rings. The van der Waals surface area contributed by atoms with Gasteiger partial charge in [0.1, 0.15) is 5.01 Å². The summed E-state index contributed by atoms with van der Waals surface area (Å²) >= 11 is 7.63. The number of hydrogen-bond donors (Lipinski definition) is 0. The highest BCUT2D eigenvalue weighted by Crippen LogP contribution is 2.26. The van der Waals surface area contributed by atoms with Crippen LogP contribution < -0.4 is 4.90 Å². The molecule has 0 spiro atoms. The minimum atomic E-state index is 0.110. The number of amides is 1. The molecule has 0 bridgehead atoms. The zero-order valence-corrected chi connectivity index (χ0v) is 18.8. The van der Waals surface area contributed by atoms with Crippen molar-refractivity contribution in [2.75, 3.05) is 45.2 Å². The van der Waals surface area contributed by atoms with E-state index in [1.807, 2.05) is 72.4 Å². The molecule has 0 radical (unpaired) electrons. The Morgan fingerprint density at radius 3 is 2.33 bits per heavy atom. The van der Waals surface area contributed by atoms with Crippen LogP contribution in [0.4, 0.5) is 5.69 Å². The van der Waals surface area contributed by atoms with Gasteiger partial charge >= 0.3 is 0 Å². The molecule has 1 saturated heterocycles. The van der Waals surface area contributed by atoms with E-state index in [-0.39, 0.29) is 5.91 Å². The second-order valence-corrected chi connectivity index (χ2v) is 8.96. The maximum absolute atomic E-state index is 12.8. The Morgan fingerprint density at radius 2 is 1.70 bits per heavy atom. The predicted molar refractivity (Wildman–Crippen MR) is 125 cm³/mol. The van der Waals surface area contributed by atoms with E-state index in [4.69, 9.17) is 16.6 Å². The molecule has 0 unspecified atom stereocenters. The van der Waals surface area contributed by atoms with Crippen molar-refractivity contribution in [1.29, 1.82) is 0 Å². The lowest BCUT2D eigenvalue weighted by atomic mass is 10.1. The Morgan fingerprint density at radius 1 is 1.03 bits per heavy atom. The van der Waals surface area contributed by atoms with Crippen molar-refractivity contribution in [1.82, 2.24) is 14.8 Å². The standard InChI is InChI=1S/C23H25ClN4OS/c1-26(2)21-9-5-18(6-10-21)23(29)28-13-11-27(12-14-28)15-20-16-30-22(25-20)17-3-7-19(24)8-4-17/h3-10,16H,11-15H2,1-2H3. The van der Waals surface area contributed by atoms with E-state index in [9.17, 15) is 4.79 Å². The Balaban J connectivity index is 1.31. The van der Waals surface area contributed by atoms with Gasteiger partial charge in [0.15, 0.2) is 0 Å². The number of piperazine rings is 1. The summed E-state index contributed by atoms with van der Waals surface area (Å²) in [5, 5.41) is 3.86. The summed E-state index contributed by atoms with van der Waals surface area (Å²) in [6.45, 7) is 4.00. The lowest BCUT2D eigenvalue weighted by Gasteiger charge is -2.34. The first-order valence-electron chi connectivity index (χ1n) is 9.99. The third kappa shape index (κ3) is 4.83. The number of hydrogen-bond acceptors (Lipinski definition) is 5. The summed E-state index contributed by atoms with van der Waals surface area (Å²) < 4.78 is 0. The van der Waals surface area contributed by atoms with Gasteiger partial charge in [0.2, 0.25) is 0 Å².